The number of primary amides is 1. The van der Waals surface area contributed by atoms with Crippen LogP contribution in [0.1, 0.15) is 12.8 Å². The molecule has 2 amide bonds. The van der Waals surface area contributed by atoms with E-state index in [-0.39, 0.29) is 11.4 Å². The molecule has 1 fully saturated rings. The molecule has 2 heterocycles. The Morgan fingerprint density at radius 3 is 2.49 bits per heavy atom. The van der Waals surface area contributed by atoms with Gasteiger partial charge in [0.2, 0.25) is 11.8 Å². The van der Waals surface area contributed by atoms with Crippen molar-refractivity contribution in [2.45, 2.75) is 12.8 Å². The quantitative estimate of drug-likeness (QED) is 0.404. The molecule has 9 heteroatoms. The molecule has 1 aliphatic carbocycles. The number of pyridine rings is 1. The minimum atomic E-state index is -1.26. The second-order valence-electron chi connectivity index (χ2n) is 8.42. The van der Waals surface area contributed by atoms with Crippen molar-refractivity contribution in [3.8, 4) is 22.8 Å². The van der Waals surface area contributed by atoms with Crippen molar-refractivity contribution in [3.63, 3.8) is 0 Å². The number of anilines is 2. The van der Waals surface area contributed by atoms with Gasteiger partial charge in [-0.25, -0.2) is 4.39 Å². The van der Waals surface area contributed by atoms with Gasteiger partial charge in [-0.1, -0.05) is 18.2 Å². The summed E-state index contributed by atoms with van der Waals surface area (Å²) in [5.74, 6) is -1.44. The van der Waals surface area contributed by atoms with Gasteiger partial charge in [0.1, 0.15) is 11.2 Å². The third-order valence-corrected chi connectivity index (χ3v) is 5.98. The molecule has 2 N–H and O–H groups in total. The number of rotatable bonds is 7. The molecule has 2 aromatic heterocycles. The normalized spacial score (nSPS) is 13.8. The van der Waals surface area contributed by atoms with E-state index < -0.39 is 23.0 Å². The van der Waals surface area contributed by atoms with Crippen LogP contribution in [0.15, 0.2) is 79.3 Å². The number of amides is 2. The van der Waals surface area contributed by atoms with Crippen molar-refractivity contribution in [3.05, 3.63) is 85.1 Å². The number of hydrogen-bond acceptors (Lipinski definition) is 5. The van der Waals surface area contributed by atoms with Gasteiger partial charge in [0.25, 0.3) is 0 Å². The van der Waals surface area contributed by atoms with Gasteiger partial charge in [-0.05, 0) is 43.2 Å². The molecule has 8 nitrogen and oxygen atoms in total. The summed E-state index contributed by atoms with van der Waals surface area (Å²) in [6.45, 7) is 0. The number of carbonyl (C=O) groups is 2. The number of nitrogens with two attached hydrogens (primary N) is 1. The van der Waals surface area contributed by atoms with Gasteiger partial charge in [0.15, 0.2) is 11.6 Å². The van der Waals surface area contributed by atoms with Crippen LogP contribution in [0.3, 0.4) is 0 Å². The largest absolute Gasteiger partial charge is 0.454 e. The average molecular weight is 471 g/mol. The van der Waals surface area contributed by atoms with E-state index in [1.807, 2.05) is 6.20 Å². The monoisotopic (exact) mass is 471 g/mol. The molecular weight excluding hydrogens is 449 g/mol. The molecule has 2 aromatic carbocycles. The van der Waals surface area contributed by atoms with Crippen molar-refractivity contribution in [1.82, 2.24) is 14.8 Å². The van der Waals surface area contributed by atoms with E-state index in [9.17, 15) is 9.59 Å². The Balaban J connectivity index is 1.45. The summed E-state index contributed by atoms with van der Waals surface area (Å²) in [4.78, 5) is 31.0. The van der Waals surface area contributed by atoms with Gasteiger partial charge >= 0.3 is 0 Å². The Morgan fingerprint density at radius 2 is 1.86 bits per heavy atom. The molecule has 0 unspecified atom stereocenters. The number of aryl methyl sites for hydroxylation is 1. The number of hydrogen-bond donors (Lipinski definition) is 1. The molecule has 4 aromatic rings. The Bertz CT molecular complexity index is 1420. The van der Waals surface area contributed by atoms with Gasteiger partial charge in [0, 0.05) is 42.8 Å². The van der Waals surface area contributed by atoms with Gasteiger partial charge in [-0.15, -0.1) is 0 Å². The molecule has 1 saturated carbocycles. The van der Waals surface area contributed by atoms with Crippen molar-refractivity contribution < 1.29 is 18.7 Å². The predicted molar refractivity (Wildman–Crippen MR) is 127 cm³/mol. The first-order valence-electron chi connectivity index (χ1n) is 11.0. The molecule has 1 aliphatic rings. The number of ether oxygens (including phenoxy) is 1. The summed E-state index contributed by atoms with van der Waals surface area (Å²) in [6, 6.07) is 16.3. The predicted octanol–water partition coefficient (Wildman–Crippen LogP) is 4.34. The Morgan fingerprint density at radius 1 is 1.09 bits per heavy atom. The zero-order valence-corrected chi connectivity index (χ0v) is 18.9. The van der Waals surface area contributed by atoms with Crippen molar-refractivity contribution >= 4 is 23.2 Å². The van der Waals surface area contributed by atoms with Crippen LogP contribution in [0, 0.1) is 11.2 Å². The van der Waals surface area contributed by atoms with E-state index in [1.54, 1.807) is 72.7 Å². The number of para-hydroxylation sites is 1. The third kappa shape index (κ3) is 4.23. The van der Waals surface area contributed by atoms with E-state index >= 15 is 4.39 Å². The second kappa shape index (κ2) is 8.68. The zero-order chi connectivity index (χ0) is 24.6. The molecule has 176 valence electrons. The van der Waals surface area contributed by atoms with Crippen molar-refractivity contribution in [1.29, 1.82) is 0 Å². The highest BCUT2D eigenvalue weighted by atomic mass is 19.1. The fraction of sp³-hybridized carbons (Fsp3) is 0.154. The molecule has 0 saturated heterocycles. The minimum absolute atomic E-state index is 0.0198. The number of nitrogens with zero attached hydrogens (tertiary/aromatic N) is 4. The Kier molecular flexibility index (Phi) is 5.52. The van der Waals surface area contributed by atoms with Gasteiger partial charge in [-0.2, -0.15) is 5.10 Å². The molecule has 0 spiro atoms. The van der Waals surface area contributed by atoms with Gasteiger partial charge < -0.3 is 10.5 Å². The van der Waals surface area contributed by atoms with Crippen LogP contribution in [0.5, 0.6) is 11.5 Å². The second-order valence-corrected chi connectivity index (χ2v) is 8.42. The SMILES string of the molecule is Cn1cc(-c2cc(Oc3ccc(N(C(=O)C4(C(N)=O)CC4)c4ccccc4)cc3F)ccn2)cn1. The highest BCUT2D eigenvalue weighted by Crippen LogP contribution is 2.49. The number of benzene rings is 2. The molecule has 35 heavy (non-hydrogen) atoms. The van der Waals surface area contributed by atoms with E-state index in [0.29, 0.717) is 30.0 Å². The van der Waals surface area contributed by atoms with Crippen LogP contribution in [-0.2, 0) is 16.6 Å². The first kappa shape index (κ1) is 22.3. The molecular formula is C26H22FN5O3. The number of halogens is 1. The summed E-state index contributed by atoms with van der Waals surface area (Å²) in [6.07, 6.45) is 5.80. The fourth-order valence-corrected chi connectivity index (χ4v) is 3.89. The summed E-state index contributed by atoms with van der Waals surface area (Å²) in [7, 11) is 1.80. The molecule has 5 rings (SSSR count). The lowest BCUT2D eigenvalue weighted by Gasteiger charge is -2.26. The lowest BCUT2D eigenvalue weighted by molar-refractivity contribution is -0.133. The van der Waals surface area contributed by atoms with Crippen LogP contribution >= 0.6 is 0 Å². The maximum atomic E-state index is 15.2. The van der Waals surface area contributed by atoms with Crippen LogP contribution < -0.4 is 15.4 Å². The van der Waals surface area contributed by atoms with E-state index in [0.717, 1.165) is 5.56 Å². The van der Waals surface area contributed by atoms with Gasteiger partial charge in [0.05, 0.1) is 17.6 Å². The van der Waals surface area contributed by atoms with Crippen molar-refractivity contribution in [2.24, 2.45) is 18.2 Å². The highest BCUT2D eigenvalue weighted by Gasteiger charge is 2.57. The third-order valence-electron chi connectivity index (χ3n) is 5.98. The van der Waals surface area contributed by atoms with E-state index in [1.165, 1.54) is 17.0 Å². The molecule has 0 aliphatic heterocycles. The van der Waals surface area contributed by atoms with Crippen molar-refractivity contribution in [2.75, 3.05) is 4.90 Å². The summed E-state index contributed by atoms with van der Waals surface area (Å²) < 4.78 is 22.6. The maximum Gasteiger partial charge on any atom is 0.247 e. The summed E-state index contributed by atoms with van der Waals surface area (Å²) in [5, 5.41) is 4.13. The lowest BCUT2D eigenvalue weighted by Crippen LogP contribution is -2.41. The minimum Gasteiger partial charge on any atom is -0.454 e. The van der Waals surface area contributed by atoms with Gasteiger partial charge in [-0.3, -0.25) is 24.2 Å². The molecule has 0 atom stereocenters. The standard InChI is InChI=1S/C26H22FN5O3/c1-31-16-17(15-30-31)22-14-20(9-12-29-22)35-23-8-7-19(13-21(23)27)32(18-5-3-2-4-6-18)25(34)26(10-11-26)24(28)33/h2-9,12-16H,10-11H2,1H3,(H2,28,33). The molecule has 0 radical (unpaired) electrons. The Labute approximate surface area is 200 Å². The summed E-state index contributed by atoms with van der Waals surface area (Å²) in [5.41, 5.74) is 6.48. The maximum absolute atomic E-state index is 15.2. The Hall–Kier alpha value is -4.53. The van der Waals surface area contributed by atoms with Crippen LogP contribution in [0.2, 0.25) is 0 Å². The zero-order valence-electron chi connectivity index (χ0n) is 18.9. The fourth-order valence-electron chi connectivity index (χ4n) is 3.89. The first-order chi connectivity index (χ1) is 16.9. The number of carbonyl (C=O) groups excluding carboxylic acids is 2. The first-order valence-corrected chi connectivity index (χ1v) is 11.0. The average Bonchev–Trinajstić information content (AvgIpc) is 3.57. The van der Waals surface area contributed by atoms with E-state index in [2.05, 4.69) is 10.1 Å². The topological polar surface area (TPSA) is 103 Å². The van der Waals surface area contributed by atoms with E-state index in [4.69, 9.17) is 10.5 Å². The van der Waals surface area contributed by atoms with Crippen LogP contribution in [-0.4, -0.2) is 26.6 Å². The lowest BCUT2D eigenvalue weighted by atomic mass is 10.0. The smallest absolute Gasteiger partial charge is 0.247 e. The molecule has 0 bridgehead atoms. The van der Waals surface area contributed by atoms with Crippen LogP contribution in [0.4, 0.5) is 15.8 Å². The number of aromatic nitrogens is 3. The van der Waals surface area contributed by atoms with Crippen LogP contribution in [0.25, 0.3) is 11.3 Å². The highest BCUT2D eigenvalue weighted by molar-refractivity contribution is 6.16. The summed E-state index contributed by atoms with van der Waals surface area (Å²) >= 11 is 0.